The van der Waals surface area contributed by atoms with Crippen molar-refractivity contribution in [2.75, 3.05) is 6.54 Å². The van der Waals surface area contributed by atoms with E-state index < -0.39 is 6.04 Å². The highest BCUT2D eigenvalue weighted by Gasteiger charge is 2.12. The van der Waals surface area contributed by atoms with Gasteiger partial charge in [0.1, 0.15) is 0 Å². The Morgan fingerprint density at radius 1 is 0.952 bits per heavy atom. The van der Waals surface area contributed by atoms with Gasteiger partial charge in [-0.15, -0.1) is 0 Å². The van der Waals surface area contributed by atoms with Crippen LogP contribution < -0.4 is 11.1 Å². The summed E-state index contributed by atoms with van der Waals surface area (Å²) >= 11 is 0. The van der Waals surface area contributed by atoms with Crippen LogP contribution in [0.3, 0.4) is 0 Å². The van der Waals surface area contributed by atoms with Crippen LogP contribution in [0.25, 0.3) is 0 Å². The molecule has 21 heavy (non-hydrogen) atoms. The van der Waals surface area contributed by atoms with E-state index in [4.69, 9.17) is 5.73 Å². The average Bonchev–Trinajstić information content (AvgIpc) is 2.53. The molecule has 0 bridgehead atoms. The molecule has 0 aliphatic carbocycles. The van der Waals surface area contributed by atoms with Gasteiger partial charge in [-0.05, 0) is 30.4 Å². The minimum atomic E-state index is -0.482. The van der Waals surface area contributed by atoms with Crippen molar-refractivity contribution in [1.82, 2.24) is 5.32 Å². The number of hydrogen-bond donors (Lipinski definition) is 2. The van der Waals surface area contributed by atoms with Gasteiger partial charge < -0.3 is 11.1 Å². The summed E-state index contributed by atoms with van der Waals surface area (Å²) in [4.78, 5) is 11.9. The third kappa shape index (κ3) is 5.40. The molecule has 0 spiro atoms. The largest absolute Gasteiger partial charge is 0.355 e. The maximum atomic E-state index is 11.9. The van der Waals surface area contributed by atoms with Crippen molar-refractivity contribution in [3.63, 3.8) is 0 Å². The number of rotatable bonds is 7. The molecule has 0 radical (unpaired) electrons. The minimum absolute atomic E-state index is 0.0769. The van der Waals surface area contributed by atoms with E-state index in [1.54, 1.807) is 0 Å². The average molecular weight is 282 g/mol. The highest BCUT2D eigenvalue weighted by atomic mass is 16.2. The maximum absolute atomic E-state index is 11.9. The second kappa shape index (κ2) is 8.22. The van der Waals surface area contributed by atoms with E-state index in [9.17, 15) is 4.79 Å². The number of nitrogens with one attached hydrogen (secondary N) is 1. The molecule has 0 heterocycles. The summed E-state index contributed by atoms with van der Waals surface area (Å²) in [5.74, 6) is -0.0769. The number of carbonyl (C=O) groups excluding carboxylic acids is 1. The molecule has 0 aromatic heterocycles. The number of carbonyl (C=O) groups is 1. The predicted molar refractivity (Wildman–Crippen MR) is 85.9 cm³/mol. The molecule has 2 rings (SSSR count). The van der Waals surface area contributed by atoms with Gasteiger partial charge in [-0.2, -0.15) is 0 Å². The van der Waals surface area contributed by atoms with Gasteiger partial charge >= 0.3 is 0 Å². The fourth-order valence-electron chi connectivity index (χ4n) is 2.24. The predicted octanol–water partition coefficient (Wildman–Crippen LogP) is 2.31. The molecular formula is C18H22N2O. The highest BCUT2D eigenvalue weighted by Crippen LogP contribution is 2.03. The monoisotopic (exact) mass is 282 g/mol. The lowest BCUT2D eigenvalue weighted by molar-refractivity contribution is -0.122. The second-order valence-electron chi connectivity index (χ2n) is 5.18. The van der Waals surface area contributed by atoms with Gasteiger partial charge in [0, 0.05) is 6.54 Å². The fourth-order valence-corrected chi connectivity index (χ4v) is 2.24. The lowest BCUT2D eigenvalue weighted by Gasteiger charge is -2.12. The van der Waals surface area contributed by atoms with Crippen LogP contribution >= 0.6 is 0 Å². The van der Waals surface area contributed by atoms with Crippen LogP contribution in [0.1, 0.15) is 17.5 Å². The standard InChI is InChI=1S/C18H22N2O/c19-17(14-16-10-5-2-6-11-16)18(21)20-13-7-12-15-8-3-1-4-9-15/h1-6,8-11,17H,7,12-14,19H2,(H,20,21). The summed E-state index contributed by atoms with van der Waals surface area (Å²) in [6.45, 7) is 0.663. The Morgan fingerprint density at radius 2 is 1.52 bits per heavy atom. The number of amides is 1. The SMILES string of the molecule is NC(Cc1ccccc1)C(=O)NCCCc1ccccc1. The third-order valence-electron chi connectivity index (χ3n) is 3.42. The van der Waals surface area contributed by atoms with Crippen LogP contribution in [-0.4, -0.2) is 18.5 Å². The van der Waals surface area contributed by atoms with E-state index in [1.807, 2.05) is 48.5 Å². The van der Waals surface area contributed by atoms with E-state index in [0.717, 1.165) is 18.4 Å². The zero-order chi connectivity index (χ0) is 14.9. The first-order chi connectivity index (χ1) is 10.3. The van der Waals surface area contributed by atoms with Crippen LogP contribution in [0.4, 0.5) is 0 Å². The zero-order valence-electron chi connectivity index (χ0n) is 12.2. The van der Waals surface area contributed by atoms with Gasteiger partial charge in [-0.25, -0.2) is 0 Å². The third-order valence-corrected chi connectivity index (χ3v) is 3.42. The van der Waals surface area contributed by atoms with E-state index in [2.05, 4.69) is 17.4 Å². The Labute approximate surface area is 126 Å². The van der Waals surface area contributed by atoms with E-state index in [0.29, 0.717) is 13.0 Å². The lowest BCUT2D eigenvalue weighted by atomic mass is 10.1. The summed E-state index contributed by atoms with van der Waals surface area (Å²) in [7, 11) is 0. The first-order valence-corrected chi connectivity index (χ1v) is 7.37. The normalized spacial score (nSPS) is 11.9. The van der Waals surface area contributed by atoms with Crippen molar-refractivity contribution in [3.8, 4) is 0 Å². The Balaban J connectivity index is 1.67. The molecule has 0 fully saturated rings. The minimum Gasteiger partial charge on any atom is -0.355 e. The molecule has 1 amide bonds. The van der Waals surface area contributed by atoms with Crippen molar-refractivity contribution in [1.29, 1.82) is 0 Å². The zero-order valence-corrected chi connectivity index (χ0v) is 12.2. The molecule has 3 N–H and O–H groups in total. The summed E-state index contributed by atoms with van der Waals surface area (Å²) < 4.78 is 0. The second-order valence-corrected chi connectivity index (χ2v) is 5.18. The van der Waals surface area contributed by atoms with E-state index >= 15 is 0 Å². The van der Waals surface area contributed by atoms with Crippen LogP contribution in [0.5, 0.6) is 0 Å². The van der Waals surface area contributed by atoms with Crippen molar-refractivity contribution in [2.24, 2.45) is 5.73 Å². The fraction of sp³-hybridized carbons (Fsp3) is 0.278. The van der Waals surface area contributed by atoms with Crippen molar-refractivity contribution >= 4 is 5.91 Å². The summed E-state index contributed by atoms with van der Waals surface area (Å²) in [6.07, 6.45) is 2.47. The molecule has 110 valence electrons. The van der Waals surface area contributed by atoms with Gasteiger partial charge in [0.15, 0.2) is 0 Å². The van der Waals surface area contributed by atoms with Crippen LogP contribution in [0.2, 0.25) is 0 Å². The Morgan fingerprint density at radius 3 is 2.14 bits per heavy atom. The molecule has 0 saturated carbocycles. The number of benzene rings is 2. The van der Waals surface area contributed by atoms with Crippen molar-refractivity contribution in [2.45, 2.75) is 25.3 Å². The molecule has 1 atom stereocenters. The molecule has 2 aromatic rings. The first-order valence-electron chi connectivity index (χ1n) is 7.37. The molecule has 0 saturated heterocycles. The van der Waals surface area contributed by atoms with Crippen LogP contribution in [-0.2, 0) is 17.6 Å². The Bertz CT molecular complexity index is 540. The van der Waals surface area contributed by atoms with Crippen molar-refractivity contribution < 1.29 is 4.79 Å². The topological polar surface area (TPSA) is 55.1 Å². The Kier molecular flexibility index (Phi) is 5.98. The Hall–Kier alpha value is -2.13. The lowest BCUT2D eigenvalue weighted by Crippen LogP contribution is -2.42. The first kappa shape index (κ1) is 15.3. The molecular weight excluding hydrogens is 260 g/mol. The van der Waals surface area contributed by atoms with Gasteiger partial charge in [0.05, 0.1) is 6.04 Å². The number of hydrogen-bond acceptors (Lipinski definition) is 2. The van der Waals surface area contributed by atoms with Crippen LogP contribution in [0, 0.1) is 0 Å². The molecule has 1 unspecified atom stereocenters. The molecule has 2 aromatic carbocycles. The van der Waals surface area contributed by atoms with Crippen molar-refractivity contribution in [3.05, 3.63) is 71.8 Å². The van der Waals surface area contributed by atoms with Gasteiger partial charge in [-0.3, -0.25) is 4.79 Å². The summed E-state index contributed by atoms with van der Waals surface area (Å²) in [5, 5.41) is 2.91. The highest BCUT2D eigenvalue weighted by molar-refractivity contribution is 5.81. The van der Waals surface area contributed by atoms with E-state index in [-0.39, 0.29) is 5.91 Å². The van der Waals surface area contributed by atoms with Gasteiger partial charge in [0.2, 0.25) is 5.91 Å². The number of nitrogens with two attached hydrogens (primary N) is 1. The smallest absolute Gasteiger partial charge is 0.237 e. The summed E-state index contributed by atoms with van der Waals surface area (Å²) in [5.41, 5.74) is 8.31. The molecule has 0 aliphatic heterocycles. The number of aryl methyl sites for hydroxylation is 1. The van der Waals surface area contributed by atoms with Crippen LogP contribution in [0.15, 0.2) is 60.7 Å². The summed E-state index contributed by atoms with van der Waals surface area (Å²) in [6, 6.07) is 19.6. The van der Waals surface area contributed by atoms with Gasteiger partial charge in [-0.1, -0.05) is 60.7 Å². The quantitative estimate of drug-likeness (QED) is 0.766. The van der Waals surface area contributed by atoms with E-state index in [1.165, 1.54) is 5.56 Å². The molecule has 3 heteroatoms. The molecule has 3 nitrogen and oxygen atoms in total. The maximum Gasteiger partial charge on any atom is 0.237 e. The molecule has 0 aliphatic rings. The van der Waals surface area contributed by atoms with Gasteiger partial charge in [0.25, 0.3) is 0 Å².